The van der Waals surface area contributed by atoms with Crippen LogP contribution in [0.2, 0.25) is 0 Å². The first kappa shape index (κ1) is 21.4. The number of benzene rings is 2. The number of piperidine rings is 1. The Hall–Kier alpha value is -3.35. The van der Waals surface area contributed by atoms with E-state index in [-0.39, 0.29) is 30.1 Å². The largest absolute Gasteiger partial charge is 0.493 e. The van der Waals surface area contributed by atoms with Gasteiger partial charge in [-0.1, -0.05) is 18.2 Å². The number of para-hydroxylation sites is 1. The number of nitrogens with zero attached hydrogens (tertiary/aromatic N) is 1. The number of carbonyl (C=O) groups excluding carboxylic acids is 3. The average Bonchev–Trinajstić information content (AvgIpc) is 2.78. The van der Waals surface area contributed by atoms with E-state index in [2.05, 4.69) is 5.32 Å². The third-order valence-electron chi connectivity index (χ3n) is 5.11. The van der Waals surface area contributed by atoms with Gasteiger partial charge < -0.3 is 19.7 Å². The summed E-state index contributed by atoms with van der Waals surface area (Å²) in [5.41, 5.74) is 1.25. The van der Waals surface area contributed by atoms with Crippen molar-refractivity contribution in [2.45, 2.75) is 19.8 Å². The maximum atomic E-state index is 12.6. The van der Waals surface area contributed by atoms with E-state index in [1.165, 1.54) is 14.0 Å². The fourth-order valence-electron chi connectivity index (χ4n) is 3.42. The molecule has 1 heterocycles. The Labute approximate surface area is 176 Å². The van der Waals surface area contributed by atoms with Gasteiger partial charge >= 0.3 is 0 Å². The third-order valence-corrected chi connectivity index (χ3v) is 5.11. The molecule has 1 saturated heterocycles. The molecule has 1 aliphatic heterocycles. The molecule has 3 rings (SSSR count). The van der Waals surface area contributed by atoms with Gasteiger partial charge in [0.05, 0.1) is 13.0 Å². The molecule has 1 N–H and O–H groups in total. The molecule has 0 radical (unpaired) electrons. The normalized spacial score (nSPS) is 15.9. The van der Waals surface area contributed by atoms with E-state index in [1.54, 1.807) is 23.1 Å². The number of rotatable bonds is 7. The van der Waals surface area contributed by atoms with Crippen molar-refractivity contribution >= 4 is 23.3 Å². The summed E-state index contributed by atoms with van der Waals surface area (Å²) in [6.07, 6.45) is 1.50. The molecule has 0 spiro atoms. The highest BCUT2D eigenvalue weighted by molar-refractivity contribution is 5.95. The fourth-order valence-corrected chi connectivity index (χ4v) is 3.42. The summed E-state index contributed by atoms with van der Waals surface area (Å²) >= 11 is 0. The third kappa shape index (κ3) is 5.37. The summed E-state index contributed by atoms with van der Waals surface area (Å²) in [5.74, 6) is 0.183. The van der Waals surface area contributed by atoms with Crippen molar-refractivity contribution < 1.29 is 23.9 Å². The number of amides is 2. The van der Waals surface area contributed by atoms with Crippen molar-refractivity contribution in [3.63, 3.8) is 0 Å². The highest BCUT2D eigenvalue weighted by Crippen LogP contribution is 2.28. The van der Waals surface area contributed by atoms with Crippen LogP contribution in [0.3, 0.4) is 0 Å². The minimum absolute atomic E-state index is 0.0796. The number of anilines is 1. The summed E-state index contributed by atoms with van der Waals surface area (Å²) in [6.45, 7) is 2.27. The number of Topliss-reactive ketones (excluding diaryl/α,β-unsaturated/α-hetero) is 1. The van der Waals surface area contributed by atoms with E-state index in [4.69, 9.17) is 9.47 Å². The Balaban J connectivity index is 1.56. The Kier molecular flexibility index (Phi) is 7.06. The zero-order valence-corrected chi connectivity index (χ0v) is 17.2. The lowest BCUT2D eigenvalue weighted by Gasteiger charge is -2.32. The number of ketones is 1. The van der Waals surface area contributed by atoms with Crippen LogP contribution in [0.25, 0.3) is 0 Å². The van der Waals surface area contributed by atoms with E-state index < -0.39 is 0 Å². The molecule has 7 heteroatoms. The summed E-state index contributed by atoms with van der Waals surface area (Å²) in [5, 5.41) is 2.91. The van der Waals surface area contributed by atoms with Crippen LogP contribution in [-0.2, 0) is 9.59 Å². The van der Waals surface area contributed by atoms with Crippen molar-refractivity contribution in [1.29, 1.82) is 0 Å². The second-order valence-electron chi connectivity index (χ2n) is 7.24. The summed E-state index contributed by atoms with van der Waals surface area (Å²) in [6, 6.07) is 14.1. The Morgan fingerprint density at radius 3 is 2.57 bits per heavy atom. The van der Waals surface area contributed by atoms with Gasteiger partial charge in [-0.15, -0.1) is 0 Å². The first-order valence-electron chi connectivity index (χ1n) is 9.93. The van der Waals surface area contributed by atoms with Gasteiger partial charge in [-0.2, -0.15) is 0 Å². The second-order valence-corrected chi connectivity index (χ2v) is 7.24. The highest BCUT2D eigenvalue weighted by Gasteiger charge is 2.28. The van der Waals surface area contributed by atoms with Gasteiger partial charge in [-0.25, -0.2) is 0 Å². The lowest BCUT2D eigenvalue weighted by atomic mass is 9.97. The van der Waals surface area contributed by atoms with Crippen molar-refractivity contribution in [2.24, 2.45) is 5.92 Å². The van der Waals surface area contributed by atoms with Crippen LogP contribution in [0.5, 0.6) is 11.5 Å². The molecular formula is C23H26N2O5. The molecular weight excluding hydrogens is 384 g/mol. The predicted molar refractivity (Wildman–Crippen MR) is 113 cm³/mol. The predicted octanol–water partition coefficient (Wildman–Crippen LogP) is 3.15. The van der Waals surface area contributed by atoms with Gasteiger partial charge in [0.15, 0.2) is 23.9 Å². The highest BCUT2D eigenvalue weighted by atomic mass is 16.5. The molecule has 2 amide bonds. The van der Waals surface area contributed by atoms with Crippen molar-refractivity contribution in [1.82, 2.24) is 4.90 Å². The first-order valence-corrected chi connectivity index (χ1v) is 9.93. The Morgan fingerprint density at radius 1 is 1.10 bits per heavy atom. The molecule has 0 saturated carbocycles. The van der Waals surface area contributed by atoms with Crippen LogP contribution in [0.15, 0.2) is 48.5 Å². The standard InChI is InChI=1S/C23H26N2O5/c1-16(26)17-10-11-20(21(13-17)29-2)30-15-22(27)25-12-6-7-18(14-25)23(28)24-19-8-4-3-5-9-19/h3-5,8-11,13,18H,6-7,12,14-15H2,1-2H3,(H,24,28)/t18-/m0/s1. The van der Waals surface area contributed by atoms with E-state index in [1.807, 2.05) is 30.3 Å². The lowest BCUT2D eigenvalue weighted by molar-refractivity contribution is -0.136. The van der Waals surface area contributed by atoms with E-state index in [0.717, 1.165) is 18.5 Å². The Bertz CT molecular complexity index is 913. The van der Waals surface area contributed by atoms with Crippen LogP contribution >= 0.6 is 0 Å². The van der Waals surface area contributed by atoms with Crippen molar-refractivity contribution in [3.8, 4) is 11.5 Å². The maximum Gasteiger partial charge on any atom is 0.260 e. The van der Waals surface area contributed by atoms with Crippen LogP contribution in [0, 0.1) is 5.92 Å². The van der Waals surface area contributed by atoms with E-state index in [0.29, 0.717) is 30.2 Å². The molecule has 0 bridgehead atoms. The van der Waals surface area contributed by atoms with E-state index in [9.17, 15) is 14.4 Å². The zero-order chi connectivity index (χ0) is 21.5. The minimum Gasteiger partial charge on any atom is -0.493 e. The number of ether oxygens (including phenoxy) is 2. The van der Waals surface area contributed by atoms with Gasteiger partial charge in [0.25, 0.3) is 5.91 Å². The van der Waals surface area contributed by atoms with Crippen LogP contribution in [-0.4, -0.2) is 49.3 Å². The van der Waals surface area contributed by atoms with Gasteiger partial charge in [0, 0.05) is 24.3 Å². The monoisotopic (exact) mass is 410 g/mol. The SMILES string of the molecule is COc1cc(C(C)=O)ccc1OCC(=O)N1CCC[C@H](C(=O)Nc2ccccc2)C1. The Morgan fingerprint density at radius 2 is 1.87 bits per heavy atom. The smallest absolute Gasteiger partial charge is 0.260 e. The fraction of sp³-hybridized carbons (Fsp3) is 0.348. The summed E-state index contributed by atoms with van der Waals surface area (Å²) in [7, 11) is 1.48. The zero-order valence-electron chi connectivity index (χ0n) is 17.2. The number of methoxy groups -OCH3 is 1. The molecule has 1 aliphatic rings. The van der Waals surface area contributed by atoms with Crippen LogP contribution in [0.4, 0.5) is 5.69 Å². The molecule has 7 nitrogen and oxygen atoms in total. The number of hydrogen-bond donors (Lipinski definition) is 1. The number of likely N-dealkylation sites (tertiary alicyclic amines) is 1. The molecule has 158 valence electrons. The minimum atomic E-state index is -0.257. The van der Waals surface area contributed by atoms with Crippen molar-refractivity contribution in [2.75, 3.05) is 32.1 Å². The van der Waals surface area contributed by atoms with Gasteiger partial charge in [0.2, 0.25) is 5.91 Å². The molecule has 1 fully saturated rings. The molecule has 0 aromatic heterocycles. The molecule has 0 unspecified atom stereocenters. The molecule has 1 atom stereocenters. The summed E-state index contributed by atoms with van der Waals surface area (Å²) in [4.78, 5) is 38.4. The second kappa shape index (κ2) is 9.91. The van der Waals surface area contributed by atoms with Crippen LogP contribution in [0.1, 0.15) is 30.1 Å². The molecule has 2 aromatic rings. The van der Waals surface area contributed by atoms with E-state index >= 15 is 0 Å². The molecule has 0 aliphatic carbocycles. The van der Waals surface area contributed by atoms with Crippen LogP contribution < -0.4 is 14.8 Å². The molecule has 2 aromatic carbocycles. The number of carbonyl (C=O) groups is 3. The van der Waals surface area contributed by atoms with Crippen molar-refractivity contribution in [3.05, 3.63) is 54.1 Å². The van der Waals surface area contributed by atoms with Gasteiger partial charge in [-0.3, -0.25) is 14.4 Å². The quantitative estimate of drug-likeness (QED) is 0.709. The topological polar surface area (TPSA) is 84.9 Å². The number of hydrogen-bond acceptors (Lipinski definition) is 5. The summed E-state index contributed by atoms with van der Waals surface area (Å²) < 4.78 is 10.9. The number of nitrogens with one attached hydrogen (secondary N) is 1. The average molecular weight is 410 g/mol. The lowest BCUT2D eigenvalue weighted by Crippen LogP contribution is -2.45. The maximum absolute atomic E-state index is 12.6. The van der Waals surface area contributed by atoms with Gasteiger partial charge in [-0.05, 0) is 50.1 Å². The molecule has 30 heavy (non-hydrogen) atoms. The van der Waals surface area contributed by atoms with Gasteiger partial charge in [0.1, 0.15) is 0 Å². The first-order chi connectivity index (χ1) is 14.5.